The van der Waals surface area contributed by atoms with Gasteiger partial charge in [-0.05, 0) is 18.6 Å². The van der Waals surface area contributed by atoms with Crippen molar-refractivity contribution in [2.45, 2.75) is 6.92 Å². The number of carboxylic acid groups (broad SMARTS) is 1. The molecule has 4 nitrogen and oxygen atoms in total. The van der Waals surface area contributed by atoms with Crippen LogP contribution in [0.1, 0.15) is 11.3 Å². The summed E-state index contributed by atoms with van der Waals surface area (Å²) in [7, 11) is 0. The molecule has 0 amide bonds. The van der Waals surface area contributed by atoms with E-state index in [9.17, 15) is 9.90 Å². The number of para-hydroxylation sites is 1. The first kappa shape index (κ1) is 11.4. The minimum atomic E-state index is -1.06. The summed E-state index contributed by atoms with van der Waals surface area (Å²) in [5.74, 6) is -1.06. The molecule has 1 aromatic heterocycles. The summed E-state index contributed by atoms with van der Waals surface area (Å²) >= 11 is 0. The first-order chi connectivity index (χ1) is 8.13. The number of fused-ring (bicyclic) bond motifs is 1. The minimum Gasteiger partial charge on any atom is -0.478 e. The zero-order valence-electron chi connectivity index (χ0n) is 9.40. The third kappa shape index (κ3) is 2.07. The molecule has 0 bridgehead atoms. The third-order valence-electron chi connectivity index (χ3n) is 2.68. The van der Waals surface area contributed by atoms with E-state index in [1.807, 2.05) is 31.2 Å². The van der Waals surface area contributed by atoms with Crippen molar-refractivity contribution in [2.75, 3.05) is 6.61 Å². The van der Waals surface area contributed by atoms with E-state index in [1.165, 1.54) is 0 Å². The average molecular weight is 231 g/mol. The molecule has 0 saturated carbocycles. The number of hydrogen-bond acceptors (Lipinski definition) is 2. The van der Waals surface area contributed by atoms with Gasteiger partial charge in [0.05, 0.1) is 6.61 Å². The maximum atomic E-state index is 10.7. The van der Waals surface area contributed by atoms with Crippen molar-refractivity contribution in [3.63, 3.8) is 0 Å². The second kappa shape index (κ2) is 4.43. The van der Waals surface area contributed by atoms with Crippen LogP contribution in [0.5, 0.6) is 0 Å². The van der Waals surface area contributed by atoms with Crippen LogP contribution in [0, 0.1) is 6.92 Å². The number of aromatic amines is 1. The van der Waals surface area contributed by atoms with Gasteiger partial charge < -0.3 is 15.2 Å². The molecule has 1 aromatic carbocycles. The van der Waals surface area contributed by atoms with E-state index in [2.05, 4.69) is 4.98 Å². The van der Waals surface area contributed by atoms with Gasteiger partial charge in [-0.25, -0.2) is 4.79 Å². The number of carboxylic acids is 1. The number of aryl methyl sites for hydroxylation is 1. The fourth-order valence-electron chi connectivity index (χ4n) is 2.04. The van der Waals surface area contributed by atoms with Crippen molar-refractivity contribution in [2.24, 2.45) is 0 Å². The van der Waals surface area contributed by atoms with Gasteiger partial charge in [0, 0.05) is 28.2 Å². The van der Waals surface area contributed by atoms with Crippen LogP contribution >= 0.6 is 0 Å². The first-order valence-corrected chi connectivity index (χ1v) is 5.25. The predicted molar refractivity (Wildman–Crippen MR) is 65.7 cm³/mol. The van der Waals surface area contributed by atoms with Gasteiger partial charge in [-0.2, -0.15) is 0 Å². The number of carbonyl (C=O) groups is 1. The lowest BCUT2D eigenvalue weighted by Crippen LogP contribution is -1.97. The first-order valence-electron chi connectivity index (χ1n) is 5.25. The summed E-state index contributed by atoms with van der Waals surface area (Å²) in [6.45, 7) is 1.57. The van der Waals surface area contributed by atoms with Gasteiger partial charge in [0.1, 0.15) is 0 Å². The lowest BCUT2D eigenvalue weighted by Gasteiger charge is -2.03. The highest BCUT2D eigenvalue weighted by atomic mass is 16.4. The van der Waals surface area contributed by atoms with Crippen molar-refractivity contribution in [3.8, 4) is 0 Å². The molecule has 0 aliphatic rings. The monoisotopic (exact) mass is 231 g/mol. The number of hydrogen-bond donors (Lipinski definition) is 3. The van der Waals surface area contributed by atoms with Crippen molar-refractivity contribution >= 4 is 22.4 Å². The molecule has 0 spiro atoms. The lowest BCUT2D eigenvalue weighted by atomic mass is 10.0. The van der Waals surface area contributed by atoms with Crippen LogP contribution < -0.4 is 0 Å². The Morgan fingerprint density at radius 3 is 2.76 bits per heavy atom. The van der Waals surface area contributed by atoms with Crippen LogP contribution in [0.2, 0.25) is 0 Å². The highest BCUT2D eigenvalue weighted by Crippen LogP contribution is 2.28. The zero-order chi connectivity index (χ0) is 12.4. The molecule has 0 fully saturated rings. The molecule has 0 aliphatic heterocycles. The molecule has 88 valence electrons. The van der Waals surface area contributed by atoms with Gasteiger partial charge in [0.25, 0.3) is 0 Å². The molecule has 0 unspecified atom stereocenters. The molecule has 0 aliphatic carbocycles. The van der Waals surface area contributed by atoms with Crippen LogP contribution in [-0.2, 0) is 4.79 Å². The molecule has 0 radical (unpaired) electrons. The summed E-state index contributed by atoms with van der Waals surface area (Å²) in [5, 5.41) is 19.0. The SMILES string of the molecule is Cc1[nH]c2ccccc2c1/C(=C/C(=O)O)CO. The number of aliphatic hydroxyl groups excluding tert-OH is 1. The summed E-state index contributed by atoms with van der Waals surface area (Å²) in [6, 6.07) is 7.61. The number of aromatic nitrogens is 1. The maximum absolute atomic E-state index is 10.7. The molecule has 17 heavy (non-hydrogen) atoms. The Labute approximate surface area is 98.2 Å². The number of nitrogens with one attached hydrogen (secondary N) is 1. The molecule has 2 aromatic rings. The van der Waals surface area contributed by atoms with Crippen molar-refractivity contribution < 1.29 is 15.0 Å². The Morgan fingerprint density at radius 1 is 1.41 bits per heavy atom. The van der Waals surface area contributed by atoms with E-state index in [-0.39, 0.29) is 6.61 Å². The number of aliphatic hydroxyl groups is 1. The van der Waals surface area contributed by atoms with Gasteiger partial charge >= 0.3 is 5.97 Å². The third-order valence-corrected chi connectivity index (χ3v) is 2.68. The van der Waals surface area contributed by atoms with Crippen LogP contribution in [0.25, 0.3) is 16.5 Å². The Kier molecular flexibility index (Phi) is 2.97. The molecule has 1 heterocycles. The number of rotatable bonds is 3. The second-order valence-corrected chi connectivity index (χ2v) is 3.84. The average Bonchev–Trinajstić information content (AvgIpc) is 2.62. The van der Waals surface area contributed by atoms with E-state index in [0.717, 1.165) is 28.2 Å². The highest BCUT2D eigenvalue weighted by Gasteiger charge is 2.12. The van der Waals surface area contributed by atoms with E-state index in [0.29, 0.717) is 5.57 Å². The number of benzene rings is 1. The van der Waals surface area contributed by atoms with Crippen molar-refractivity contribution in [1.82, 2.24) is 4.98 Å². The summed E-state index contributed by atoms with van der Waals surface area (Å²) in [4.78, 5) is 13.9. The summed E-state index contributed by atoms with van der Waals surface area (Å²) in [6.07, 6.45) is 1.04. The maximum Gasteiger partial charge on any atom is 0.328 e. The number of aliphatic carboxylic acids is 1. The van der Waals surface area contributed by atoms with Gasteiger partial charge in [-0.1, -0.05) is 18.2 Å². The topological polar surface area (TPSA) is 73.3 Å². The van der Waals surface area contributed by atoms with Crippen LogP contribution in [0.15, 0.2) is 30.3 Å². The van der Waals surface area contributed by atoms with E-state index in [4.69, 9.17) is 5.11 Å². The summed E-state index contributed by atoms with van der Waals surface area (Å²) in [5.41, 5.74) is 2.97. The summed E-state index contributed by atoms with van der Waals surface area (Å²) < 4.78 is 0. The van der Waals surface area contributed by atoms with Crippen molar-refractivity contribution in [1.29, 1.82) is 0 Å². The highest BCUT2D eigenvalue weighted by molar-refractivity contribution is 5.99. The van der Waals surface area contributed by atoms with Crippen molar-refractivity contribution in [3.05, 3.63) is 41.6 Å². The normalized spacial score (nSPS) is 12.0. The molecule has 3 N–H and O–H groups in total. The van der Waals surface area contributed by atoms with Gasteiger partial charge in [-0.15, -0.1) is 0 Å². The molecular formula is C13H13NO3. The number of H-pyrrole nitrogens is 1. The van der Waals surface area contributed by atoms with Crippen LogP contribution in [0.3, 0.4) is 0 Å². The smallest absolute Gasteiger partial charge is 0.328 e. The zero-order valence-corrected chi connectivity index (χ0v) is 9.40. The van der Waals surface area contributed by atoms with Crippen LogP contribution in [0.4, 0.5) is 0 Å². The second-order valence-electron chi connectivity index (χ2n) is 3.84. The van der Waals surface area contributed by atoms with Gasteiger partial charge in [0.2, 0.25) is 0 Å². The Morgan fingerprint density at radius 2 is 2.12 bits per heavy atom. The molecule has 2 rings (SSSR count). The fourth-order valence-corrected chi connectivity index (χ4v) is 2.04. The van der Waals surface area contributed by atoms with Gasteiger partial charge in [0.15, 0.2) is 0 Å². The lowest BCUT2D eigenvalue weighted by molar-refractivity contribution is -0.131. The minimum absolute atomic E-state index is 0.297. The fraction of sp³-hybridized carbons (Fsp3) is 0.154. The molecular weight excluding hydrogens is 218 g/mol. The standard InChI is InChI=1S/C13H13NO3/c1-8-13(9(7-15)6-12(16)17)10-4-2-3-5-11(10)14-8/h2-6,14-15H,7H2,1H3,(H,16,17)/b9-6+. The molecule has 4 heteroatoms. The predicted octanol–water partition coefficient (Wildman–Crippen LogP) is 1.94. The Bertz CT molecular complexity index is 596. The molecule has 0 atom stereocenters. The Balaban J connectivity index is 2.68. The molecule has 0 saturated heterocycles. The largest absolute Gasteiger partial charge is 0.478 e. The van der Waals surface area contributed by atoms with Crippen LogP contribution in [-0.4, -0.2) is 27.8 Å². The van der Waals surface area contributed by atoms with Gasteiger partial charge in [-0.3, -0.25) is 0 Å². The quantitative estimate of drug-likeness (QED) is 0.707. The Hall–Kier alpha value is -2.07. The van der Waals surface area contributed by atoms with E-state index in [1.54, 1.807) is 0 Å². The van der Waals surface area contributed by atoms with E-state index >= 15 is 0 Å². The van der Waals surface area contributed by atoms with E-state index < -0.39 is 5.97 Å².